The second-order valence-electron chi connectivity index (χ2n) is 4.31. The molecular weight excluding hydrogens is 361 g/mol. The molecule has 2 nitrogen and oxygen atoms in total. The van der Waals surface area contributed by atoms with Crippen LogP contribution < -0.4 is 10.1 Å². The molecule has 1 N–H and O–H groups in total. The maximum Gasteiger partial charge on any atom is 0.120 e. The molecule has 2 rings (SSSR count). The van der Waals surface area contributed by atoms with Crippen molar-refractivity contribution in [3.63, 3.8) is 0 Å². The first-order chi connectivity index (χ1) is 9.55. The van der Waals surface area contributed by atoms with E-state index in [1.807, 2.05) is 37.4 Å². The highest BCUT2D eigenvalue weighted by molar-refractivity contribution is 9.10. The SMILES string of the molecule is CNC(c1cc(Cl)cc(Br)c1)c1ccc(OC)cc1Cl. The number of halogens is 3. The van der Waals surface area contributed by atoms with Gasteiger partial charge in [0.25, 0.3) is 0 Å². The second kappa shape index (κ2) is 6.81. The zero-order valence-electron chi connectivity index (χ0n) is 11.1. The van der Waals surface area contributed by atoms with Crippen LogP contribution >= 0.6 is 39.1 Å². The largest absolute Gasteiger partial charge is 0.497 e. The minimum atomic E-state index is -0.0385. The number of hydrogen-bond acceptors (Lipinski definition) is 2. The van der Waals surface area contributed by atoms with Gasteiger partial charge in [-0.3, -0.25) is 0 Å². The molecule has 0 bridgehead atoms. The molecule has 0 aromatic heterocycles. The average molecular weight is 375 g/mol. The first kappa shape index (κ1) is 15.6. The van der Waals surface area contributed by atoms with E-state index in [9.17, 15) is 0 Å². The van der Waals surface area contributed by atoms with Gasteiger partial charge in [0.05, 0.1) is 13.2 Å². The molecule has 106 valence electrons. The van der Waals surface area contributed by atoms with Crippen LogP contribution in [0.4, 0.5) is 0 Å². The lowest BCUT2D eigenvalue weighted by Crippen LogP contribution is -2.18. The van der Waals surface area contributed by atoms with Gasteiger partial charge in [-0.25, -0.2) is 0 Å². The Kier molecular flexibility index (Phi) is 5.33. The van der Waals surface area contributed by atoms with Gasteiger partial charge in [-0.2, -0.15) is 0 Å². The summed E-state index contributed by atoms with van der Waals surface area (Å²) in [4.78, 5) is 0. The Labute approximate surface area is 137 Å². The lowest BCUT2D eigenvalue weighted by Gasteiger charge is -2.19. The minimum absolute atomic E-state index is 0.0385. The Morgan fingerprint density at radius 1 is 1.15 bits per heavy atom. The Balaban J connectivity index is 2.46. The summed E-state index contributed by atoms with van der Waals surface area (Å²) in [5.74, 6) is 0.737. The first-order valence-electron chi connectivity index (χ1n) is 6.02. The van der Waals surface area contributed by atoms with Crippen LogP contribution in [0.2, 0.25) is 10.0 Å². The van der Waals surface area contributed by atoms with Gasteiger partial charge in [0.1, 0.15) is 5.75 Å². The van der Waals surface area contributed by atoms with Crippen LogP contribution in [0, 0.1) is 0 Å². The van der Waals surface area contributed by atoms with Gasteiger partial charge in [0.2, 0.25) is 0 Å². The van der Waals surface area contributed by atoms with E-state index >= 15 is 0 Å². The fourth-order valence-electron chi connectivity index (χ4n) is 2.11. The Hall–Kier alpha value is -0.740. The van der Waals surface area contributed by atoms with Crippen LogP contribution in [0.15, 0.2) is 40.9 Å². The maximum absolute atomic E-state index is 6.35. The van der Waals surface area contributed by atoms with Crippen LogP contribution in [0.25, 0.3) is 0 Å². The Bertz CT molecular complexity index is 599. The molecule has 0 aliphatic carbocycles. The van der Waals surface area contributed by atoms with Gasteiger partial charge in [0, 0.05) is 14.5 Å². The highest BCUT2D eigenvalue weighted by atomic mass is 79.9. The normalized spacial score (nSPS) is 12.2. The van der Waals surface area contributed by atoms with E-state index < -0.39 is 0 Å². The van der Waals surface area contributed by atoms with E-state index in [4.69, 9.17) is 27.9 Å². The van der Waals surface area contributed by atoms with Gasteiger partial charge >= 0.3 is 0 Å². The molecule has 0 fully saturated rings. The minimum Gasteiger partial charge on any atom is -0.497 e. The zero-order valence-corrected chi connectivity index (χ0v) is 14.2. The molecule has 5 heteroatoms. The molecule has 0 amide bonds. The number of rotatable bonds is 4. The number of methoxy groups -OCH3 is 1. The number of nitrogens with one attached hydrogen (secondary N) is 1. The van der Waals surface area contributed by atoms with Crippen molar-refractivity contribution in [1.82, 2.24) is 5.32 Å². The fourth-order valence-corrected chi connectivity index (χ4v) is 3.28. The van der Waals surface area contributed by atoms with Gasteiger partial charge in [-0.15, -0.1) is 0 Å². The number of ether oxygens (including phenoxy) is 1. The highest BCUT2D eigenvalue weighted by Gasteiger charge is 2.16. The monoisotopic (exact) mass is 373 g/mol. The van der Waals surface area contributed by atoms with Crippen molar-refractivity contribution in [2.45, 2.75) is 6.04 Å². The second-order valence-corrected chi connectivity index (χ2v) is 6.07. The van der Waals surface area contributed by atoms with Crippen LogP contribution in [-0.4, -0.2) is 14.2 Å². The van der Waals surface area contributed by atoms with Crippen molar-refractivity contribution < 1.29 is 4.74 Å². The molecule has 0 saturated heterocycles. The van der Waals surface area contributed by atoms with Crippen LogP contribution in [-0.2, 0) is 0 Å². The molecule has 1 atom stereocenters. The predicted octanol–water partition coefficient (Wildman–Crippen LogP) is 5.07. The average Bonchev–Trinajstić information content (AvgIpc) is 2.40. The van der Waals surface area contributed by atoms with Crippen molar-refractivity contribution in [1.29, 1.82) is 0 Å². The van der Waals surface area contributed by atoms with Crippen LogP contribution in [0.5, 0.6) is 5.75 Å². The summed E-state index contributed by atoms with van der Waals surface area (Å²) in [6.45, 7) is 0. The first-order valence-corrected chi connectivity index (χ1v) is 7.56. The molecule has 0 aliphatic heterocycles. The summed E-state index contributed by atoms with van der Waals surface area (Å²) in [5, 5.41) is 4.60. The molecule has 0 spiro atoms. The standard InChI is InChI=1S/C15H14BrCl2NO/c1-19-15(9-5-10(16)7-11(17)6-9)13-4-3-12(20-2)8-14(13)18/h3-8,15,19H,1-2H3. The van der Waals surface area contributed by atoms with E-state index in [0.29, 0.717) is 10.0 Å². The third kappa shape index (κ3) is 3.47. The highest BCUT2D eigenvalue weighted by Crippen LogP contribution is 2.33. The van der Waals surface area contributed by atoms with E-state index in [1.165, 1.54) is 0 Å². The lowest BCUT2D eigenvalue weighted by molar-refractivity contribution is 0.414. The predicted molar refractivity (Wildman–Crippen MR) is 88.1 cm³/mol. The molecule has 20 heavy (non-hydrogen) atoms. The summed E-state index contributed by atoms with van der Waals surface area (Å²) in [7, 11) is 3.51. The summed E-state index contributed by atoms with van der Waals surface area (Å²) in [6, 6.07) is 11.4. The molecule has 1 unspecified atom stereocenters. The third-order valence-corrected chi connectivity index (χ3v) is 4.03. The van der Waals surface area contributed by atoms with Crippen molar-refractivity contribution in [2.24, 2.45) is 0 Å². The van der Waals surface area contributed by atoms with Crippen LogP contribution in [0.3, 0.4) is 0 Å². The van der Waals surface area contributed by atoms with Gasteiger partial charge in [-0.05, 0) is 48.5 Å². The van der Waals surface area contributed by atoms with Gasteiger partial charge < -0.3 is 10.1 Å². The quantitative estimate of drug-likeness (QED) is 0.806. The molecule has 2 aromatic rings. The summed E-state index contributed by atoms with van der Waals surface area (Å²) < 4.78 is 6.11. The van der Waals surface area contributed by atoms with E-state index in [1.54, 1.807) is 13.2 Å². The van der Waals surface area contributed by atoms with Crippen molar-refractivity contribution in [2.75, 3.05) is 14.2 Å². The molecule has 0 aliphatic rings. The van der Waals surface area contributed by atoms with Crippen molar-refractivity contribution in [3.8, 4) is 5.75 Å². The summed E-state index contributed by atoms with van der Waals surface area (Å²) >= 11 is 15.9. The Morgan fingerprint density at radius 3 is 2.45 bits per heavy atom. The smallest absolute Gasteiger partial charge is 0.120 e. The number of hydrogen-bond donors (Lipinski definition) is 1. The van der Waals surface area contributed by atoms with E-state index in [0.717, 1.165) is 21.3 Å². The van der Waals surface area contributed by atoms with Crippen molar-refractivity contribution in [3.05, 3.63) is 62.0 Å². The summed E-state index contributed by atoms with van der Waals surface area (Å²) in [5.41, 5.74) is 2.02. The van der Waals surface area contributed by atoms with Crippen LogP contribution in [0.1, 0.15) is 17.2 Å². The summed E-state index contributed by atoms with van der Waals surface area (Å²) in [6.07, 6.45) is 0. The van der Waals surface area contributed by atoms with Crippen molar-refractivity contribution >= 4 is 39.1 Å². The van der Waals surface area contributed by atoms with E-state index in [-0.39, 0.29) is 6.04 Å². The topological polar surface area (TPSA) is 21.3 Å². The zero-order chi connectivity index (χ0) is 14.7. The fraction of sp³-hybridized carbons (Fsp3) is 0.200. The molecule has 2 aromatic carbocycles. The maximum atomic E-state index is 6.35. The van der Waals surface area contributed by atoms with Gasteiger partial charge in [-0.1, -0.05) is 45.2 Å². The molecular formula is C15H14BrCl2NO. The number of benzene rings is 2. The molecule has 0 heterocycles. The molecule has 0 saturated carbocycles. The Morgan fingerprint density at radius 2 is 1.90 bits per heavy atom. The third-order valence-electron chi connectivity index (χ3n) is 3.03. The van der Waals surface area contributed by atoms with Gasteiger partial charge in [0.15, 0.2) is 0 Å². The van der Waals surface area contributed by atoms with E-state index in [2.05, 4.69) is 21.2 Å². The lowest BCUT2D eigenvalue weighted by atomic mass is 9.98. The molecule has 0 radical (unpaired) electrons.